The Morgan fingerprint density at radius 3 is 1.79 bits per heavy atom. The summed E-state index contributed by atoms with van der Waals surface area (Å²) in [5.74, 6) is 0.398. The molecule has 0 radical (unpaired) electrons. The Labute approximate surface area is 196 Å². The van der Waals surface area contributed by atoms with E-state index in [4.69, 9.17) is 19.0 Å². The quantitative estimate of drug-likeness (QED) is 0.375. The van der Waals surface area contributed by atoms with Gasteiger partial charge in [-0.25, -0.2) is 0 Å². The first kappa shape index (κ1) is 28.5. The number of methoxy groups -OCH3 is 2. The van der Waals surface area contributed by atoms with E-state index in [1.165, 1.54) is 39.3 Å². The molecule has 0 unspecified atom stereocenters. The number of hydroxylamine groups is 2. The zero-order valence-electron chi connectivity index (χ0n) is 20.4. The fourth-order valence-electron chi connectivity index (χ4n) is 4.46. The van der Waals surface area contributed by atoms with Crippen molar-refractivity contribution >= 4 is 0 Å². The molecule has 2 rings (SSSR count). The average molecular weight is 502 g/mol. The molecule has 1 fully saturated rings. The maximum Gasteiger partial charge on any atom is 0.423 e. The van der Waals surface area contributed by atoms with Crippen LogP contribution in [0.4, 0.5) is 26.3 Å². The van der Waals surface area contributed by atoms with Crippen molar-refractivity contribution in [2.75, 3.05) is 14.2 Å². The summed E-state index contributed by atoms with van der Waals surface area (Å²) in [4.78, 5) is 6.10. The SMILES string of the molecule is COc1ccc([C@@H](OC(C(F)(F)F)C(F)(F)F)[C@@H](C)ON2C(C)(C)CCCC2(C)C)cc1OC. The molecule has 0 spiro atoms. The first-order chi connectivity index (χ1) is 15.4. The van der Waals surface area contributed by atoms with Crippen LogP contribution in [0.5, 0.6) is 11.5 Å². The van der Waals surface area contributed by atoms with Gasteiger partial charge in [-0.05, 0) is 71.6 Å². The van der Waals surface area contributed by atoms with Gasteiger partial charge in [0.25, 0.3) is 0 Å². The lowest BCUT2D eigenvalue weighted by Crippen LogP contribution is -2.59. The second-order valence-corrected chi connectivity index (χ2v) is 9.72. The van der Waals surface area contributed by atoms with Gasteiger partial charge in [0.15, 0.2) is 11.5 Å². The number of alkyl halides is 6. The van der Waals surface area contributed by atoms with Crippen molar-refractivity contribution in [3.8, 4) is 11.5 Å². The van der Waals surface area contributed by atoms with E-state index >= 15 is 0 Å². The number of halogens is 6. The van der Waals surface area contributed by atoms with Crippen molar-refractivity contribution in [2.45, 2.75) is 95.6 Å². The number of nitrogens with zero attached hydrogens (tertiary/aromatic N) is 1. The Hall–Kier alpha value is -1.72. The molecule has 0 saturated carbocycles. The molecule has 1 aromatic carbocycles. The van der Waals surface area contributed by atoms with Crippen LogP contribution < -0.4 is 9.47 Å². The van der Waals surface area contributed by atoms with E-state index in [-0.39, 0.29) is 17.1 Å². The maximum absolute atomic E-state index is 13.4. The van der Waals surface area contributed by atoms with Crippen LogP contribution in [0.2, 0.25) is 0 Å². The van der Waals surface area contributed by atoms with Crippen LogP contribution in [-0.2, 0) is 9.57 Å². The molecule has 5 nitrogen and oxygen atoms in total. The summed E-state index contributed by atoms with van der Waals surface area (Å²) in [7, 11) is 2.67. The van der Waals surface area contributed by atoms with Gasteiger partial charge in [-0.2, -0.15) is 31.4 Å². The minimum absolute atomic E-state index is 0.0243. The largest absolute Gasteiger partial charge is 0.493 e. The topological polar surface area (TPSA) is 40.2 Å². The molecular weight excluding hydrogens is 468 g/mol. The highest BCUT2D eigenvalue weighted by Crippen LogP contribution is 2.44. The van der Waals surface area contributed by atoms with Crippen LogP contribution in [0, 0.1) is 0 Å². The van der Waals surface area contributed by atoms with Gasteiger partial charge in [0.1, 0.15) is 12.2 Å². The third-order valence-electron chi connectivity index (χ3n) is 5.99. The second-order valence-electron chi connectivity index (χ2n) is 9.72. The normalized spacial score (nSPS) is 20.8. The van der Waals surface area contributed by atoms with Crippen LogP contribution in [-0.4, -0.2) is 54.9 Å². The standard InChI is InChI=1S/C23H33F6NO4/c1-14(34-30-20(2,3)11-8-12-21(30,4)5)18(33-19(22(24,25)26)23(27,28)29)15-9-10-16(31-6)17(13-15)32-7/h9-10,13-14,18-19H,8,11-12H2,1-7H3/t14-,18+/m1/s1. The molecule has 0 N–H and O–H groups in total. The van der Waals surface area contributed by atoms with Gasteiger partial charge in [0.2, 0.25) is 6.10 Å². The molecule has 1 aromatic rings. The summed E-state index contributed by atoms with van der Waals surface area (Å²) in [6, 6.07) is 4.02. The van der Waals surface area contributed by atoms with Crippen molar-refractivity contribution in [1.29, 1.82) is 0 Å². The van der Waals surface area contributed by atoms with Gasteiger partial charge >= 0.3 is 12.4 Å². The Morgan fingerprint density at radius 1 is 0.853 bits per heavy atom. The Balaban J connectivity index is 2.52. The van der Waals surface area contributed by atoms with Gasteiger partial charge in [-0.3, -0.25) is 4.84 Å². The minimum atomic E-state index is -5.67. The van der Waals surface area contributed by atoms with Gasteiger partial charge in [0, 0.05) is 11.1 Å². The summed E-state index contributed by atoms with van der Waals surface area (Å²) >= 11 is 0. The van der Waals surface area contributed by atoms with Crippen LogP contribution in [0.15, 0.2) is 18.2 Å². The van der Waals surface area contributed by atoms with E-state index in [2.05, 4.69) is 0 Å². The van der Waals surface area contributed by atoms with Crippen LogP contribution in [0.3, 0.4) is 0 Å². The van der Waals surface area contributed by atoms with Crippen molar-refractivity contribution in [1.82, 2.24) is 5.06 Å². The molecule has 0 amide bonds. The maximum atomic E-state index is 13.4. The van der Waals surface area contributed by atoms with Gasteiger partial charge in [0.05, 0.1) is 14.2 Å². The van der Waals surface area contributed by atoms with Crippen LogP contribution in [0.1, 0.15) is 65.5 Å². The fourth-order valence-corrected chi connectivity index (χ4v) is 4.46. The molecule has 1 aliphatic rings. The molecular formula is C23H33F6NO4. The lowest BCUT2D eigenvalue weighted by Gasteiger charge is -2.52. The molecule has 0 bridgehead atoms. The Bertz CT molecular complexity index is 795. The highest BCUT2D eigenvalue weighted by Gasteiger charge is 2.59. The highest BCUT2D eigenvalue weighted by molar-refractivity contribution is 5.43. The number of rotatable bonds is 8. The molecule has 1 heterocycles. The zero-order chi connectivity index (χ0) is 26.1. The molecule has 0 aliphatic carbocycles. The van der Waals surface area contributed by atoms with Crippen LogP contribution in [0.25, 0.3) is 0 Å². The smallest absolute Gasteiger partial charge is 0.423 e. The summed E-state index contributed by atoms with van der Waals surface area (Å²) < 4.78 is 95.4. The molecule has 34 heavy (non-hydrogen) atoms. The number of hydrogen-bond donors (Lipinski definition) is 0. The molecule has 0 aromatic heterocycles. The van der Waals surface area contributed by atoms with E-state index in [1.54, 1.807) is 5.06 Å². The summed E-state index contributed by atoms with van der Waals surface area (Å²) in [5.41, 5.74) is -0.965. The molecule has 1 saturated heterocycles. The number of piperidine rings is 1. The van der Waals surface area contributed by atoms with E-state index in [1.807, 2.05) is 27.7 Å². The first-order valence-electron chi connectivity index (χ1n) is 10.9. The van der Waals surface area contributed by atoms with E-state index in [9.17, 15) is 26.3 Å². The zero-order valence-corrected chi connectivity index (χ0v) is 20.4. The van der Waals surface area contributed by atoms with Crippen molar-refractivity contribution in [2.24, 2.45) is 0 Å². The Morgan fingerprint density at radius 2 is 1.35 bits per heavy atom. The monoisotopic (exact) mass is 501 g/mol. The molecule has 2 atom stereocenters. The van der Waals surface area contributed by atoms with Gasteiger partial charge in [-0.1, -0.05) is 6.07 Å². The van der Waals surface area contributed by atoms with Crippen molar-refractivity contribution < 1.29 is 45.4 Å². The third kappa shape index (κ3) is 6.48. The van der Waals surface area contributed by atoms with E-state index in [0.717, 1.165) is 19.3 Å². The molecule has 1 aliphatic heterocycles. The predicted octanol–water partition coefficient (Wildman–Crippen LogP) is 6.62. The summed E-state index contributed by atoms with van der Waals surface area (Å²) in [6.07, 6.45) is -15.9. The van der Waals surface area contributed by atoms with Crippen molar-refractivity contribution in [3.63, 3.8) is 0 Å². The summed E-state index contributed by atoms with van der Waals surface area (Å²) in [6.45, 7) is 9.07. The lowest BCUT2D eigenvalue weighted by atomic mass is 9.82. The van der Waals surface area contributed by atoms with Gasteiger partial charge < -0.3 is 14.2 Å². The Kier molecular flexibility index (Phi) is 8.47. The van der Waals surface area contributed by atoms with Gasteiger partial charge in [-0.15, -0.1) is 0 Å². The number of benzene rings is 1. The highest BCUT2D eigenvalue weighted by atomic mass is 19.4. The van der Waals surface area contributed by atoms with E-state index in [0.29, 0.717) is 0 Å². The third-order valence-corrected chi connectivity index (χ3v) is 5.99. The van der Waals surface area contributed by atoms with Crippen LogP contribution >= 0.6 is 0 Å². The molecule has 11 heteroatoms. The average Bonchev–Trinajstić information content (AvgIpc) is 2.68. The summed E-state index contributed by atoms with van der Waals surface area (Å²) in [5, 5.41) is 1.67. The number of ether oxygens (including phenoxy) is 3. The lowest BCUT2D eigenvalue weighted by molar-refractivity contribution is -0.358. The van der Waals surface area contributed by atoms with E-state index < -0.39 is 41.7 Å². The van der Waals surface area contributed by atoms with Crippen molar-refractivity contribution in [3.05, 3.63) is 23.8 Å². The molecule has 196 valence electrons. The predicted molar refractivity (Wildman–Crippen MR) is 114 cm³/mol. The second kappa shape index (κ2) is 10.1. The fraction of sp³-hybridized carbons (Fsp3) is 0.739. The minimum Gasteiger partial charge on any atom is -0.493 e. The number of hydrogen-bond acceptors (Lipinski definition) is 5. The first-order valence-corrected chi connectivity index (χ1v) is 10.9.